The molecule has 2 rings (SSSR count). The van der Waals surface area contributed by atoms with Crippen LogP contribution in [0.25, 0.3) is 0 Å². The van der Waals surface area contributed by atoms with Gasteiger partial charge in [0.1, 0.15) is 0 Å². The van der Waals surface area contributed by atoms with Crippen molar-refractivity contribution in [2.45, 2.75) is 9.79 Å². The first kappa shape index (κ1) is 14.8. The molecule has 0 aromatic heterocycles. The van der Waals surface area contributed by atoms with Crippen LogP contribution in [0.5, 0.6) is 0 Å². The molecule has 0 saturated heterocycles. The van der Waals surface area contributed by atoms with E-state index in [0.717, 1.165) is 0 Å². The van der Waals surface area contributed by atoms with E-state index in [-0.39, 0.29) is 33.8 Å². The molecule has 0 saturated carbocycles. The van der Waals surface area contributed by atoms with Crippen LogP contribution in [0.4, 0.5) is 11.4 Å². The van der Waals surface area contributed by atoms with Gasteiger partial charge in [-0.1, -0.05) is 0 Å². The van der Waals surface area contributed by atoms with E-state index in [4.69, 9.17) is 11.5 Å². The minimum Gasteiger partial charge on any atom is -0.399 e. The largest absolute Gasteiger partial charge is 0.399 e. The maximum atomic E-state index is 12.2. The van der Waals surface area contributed by atoms with Crippen LogP contribution in [0.2, 0.25) is 0 Å². The van der Waals surface area contributed by atoms with Crippen molar-refractivity contribution in [1.82, 2.24) is 0 Å². The zero-order valence-electron chi connectivity index (χ0n) is 9.41. The number of sulfone groups is 1. The topological polar surface area (TPSA) is 86.2 Å². The minimum atomic E-state index is -3.48. The van der Waals surface area contributed by atoms with Crippen molar-refractivity contribution in [3.8, 4) is 0 Å². The van der Waals surface area contributed by atoms with Crippen LogP contribution in [-0.2, 0) is 9.84 Å². The van der Waals surface area contributed by atoms with Crippen molar-refractivity contribution >= 4 is 45.2 Å². The van der Waals surface area contributed by atoms with Crippen molar-refractivity contribution in [3.63, 3.8) is 0 Å². The van der Waals surface area contributed by atoms with Crippen molar-refractivity contribution in [3.05, 3.63) is 48.5 Å². The highest BCUT2D eigenvalue weighted by Gasteiger charge is 2.16. The average molecular weight is 376 g/mol. The molecule has 0 aliphatic carbocycles. The van der Waals surface area contributed by atoms with E-state index in [1.807, 2.05) is 0 Å². The third kappa shape index (κ3) is 2.94. The summed E-state index contributed by atoms with van der Waals surface area (Å²) in [6.07, 6.45) is 0. The number of benzene rings is 2. The second-order valence-electron chi connectivity index (χ2n) is 3.64. The fourth-order valence-electron chi connectivity index (χ4n) is 1.43. The van der Waals surface area contributed by atoms with Gasteiger partial charge < -0.3 is 11.5 Å². The van der Waals surface area contributed by atoms with Crippen molar-refractivity contribution in [1.29, 1.82) is 0 Å². The van der Waals surface area contributed by atoms with Gasteiger partial charge in [-0.15, -0.1) is 24.0 Å². The maximum absolute atomic E-state index is 12.2. The zero-order valence-corrected chi connectivity index (χ0v) is 12.6. The summed E-state index contributed by atoms with van der Waals surface area (Å²) in [5, 5.41) is 0. The van der Waals surface area contributed by atoms with Crippen LogP contribution in [0, 0.1) is 0 Å². The van der Waals surface area contributed by atoms with Gasteiger partial charge in [-0.25, -0.2) is 8.42 Å². The fraction of sp³-hybridized carbons (Fsp3) is 0. The van der Waals surface area contributed by atoms with E-state index < -0.39 is 9.84 Å². The Morgan fingerprint density at radius 1 is 0.667 bits per heavy atom. The van der Waals surface area contributed by atoms with Crippen LogP contribution in [0.15, 0.2) is 58.3 Å². The molecule has 0 unspecified atom stereocenters. The second kappa shape index (κ2) is 5.57. The lowest BCUT2D eigenvalue weighted by molar-refractivity contribution is 0.596. The maximum Gasteiger partial charge on any atom is 0.206 e. The SMILES string of the molecule is I.Nc1ccc(S(=O)(=O)c2ccc(N)cc2)cc1. The molecule has 2 aromatic rings. The lowest BCUT2D eigenvalue weighted by Gasteiger charge is -2.05. The summed E-state index contributed by atoms with van der Waals surface area (Å²) < 4.78 is 24.3. The van der Waals surface area contributed by atoms with Gasteiger partial charge >= 0.3 is 0 Å². The van der Waals surface area contributed by atoms with E-state index in [9.17, 15) is 8.42 Å². The first-order valence-corrected chi connectivity index (χ1v) is 6.44. The molecule has 18 heavy (non-hydrogen) atoms. The highest BCUT2D eigenvalue weighted by atomic mass is 127. The van der Waals surface area contributed by atoms with Gasteiger partial charge in [0.2, 0.25) is 9.84 Å². The number of rotatable bonds is 2. The molecule has 4 nitrogen and oxygen atoms in total. The Morgan fingerprint density at radius 2 is 0.944 bits per heavy atom. The van der Waals surface area contributed by atoms with Gasteiger partial charge in [0.05, 0.1) is 9.79 Å². The quantitative estimate of drug-likeness (QED) is 0.622. The summed E-state index contributed by atoms with van der Waals surface area (Å²) in [4.78, 5) is 0.438. The number of hydrogen-bond donors (Lipinski definition) is 2. The molecule has 6 heteroatoms. The summed E-state index contributed by atoms with van der Waals surface area (Å²) in [7, 11) is -3.48. The van der Waals surface area contributed by atoms with Crippen LogP contribution in [0.1, 0.15) is 0 Å². The fourth-order valence-corrected chi connectivity index (χ4v) is 2.69. The Kier molecular flexibility index (Phi) is 4.58. The Morgan fingerprint density at radius 3 is 1.22 bits per heavy atom. The predicted molar refractivity (Wildman–Crippen MR) is 82.6 cm³/mol. The third-order valence-corrected chi connectivity index (χ3v) is 4.17. The van der Waals surface area contributed by atoms with Gasteiger partial charge in [-0.3, -0.25) is 0 Å². The number of anilines is 2. The van der Waals surface area contributed by atoms with Gasteiger partial charge in [-0.05, 0) is 48.5 Å². The Bertz CT molecular complexity index is 571. The molecule has 0 spiro atoms. The second-order valence-corrected chi connectivity index (χ2v) is 5.59. The molecule has 96 valence electrons. The van der Waals surface area contributed by atoms with Crippen LogP contribution < -0.4 is 11.5 Å². The molecule has 0 fully saturated rings. The van der Waals surface area contributed by atoms with E-state index >= 15 is 0 Å². The van der Waals surface area contributed by atoms with Gasteiger partial charge in [0, 0.05) is 11.4 Å². The zero-order chi connectivity index (χ0) is 12.5. The van der Waals surface area contributed by atoms with E-state index in [1.165, 1.54) is 24.3 Å². The number of halogens is 1. The lowest BCUT2D eigenvalue weighted by Crippen LogP contribution is -2.02. The van der Waals surface area contributed by atoms with Gasteiger partial charge in [-0.2, -0.15) is 0 Å². The molecule has 0 radical (unpaired) electrons. The standard InChI is InChI=1S/C12H12N2O2S.HI/c13-9-1-5-11(6-2-9)17(15,16)12-7-3-10(14)4-8-12;/h1-8H,13-14H2;1H. The van der Waals surface area contributed by atoms with Crippen LogP contribution in [0.3, 0.4) is 0 Å². The normalized spacial score (nSPS) is 10.7. The molecule has 4 N–H and O–H groups in total. The van der Waals surface area contributed by atoms with E-state index in [1.54, 1.807) is 24.3 Å². The van der Waals surface area contributed by atoms with E-state index in [2.05, 4.69) is 0 Å². The van der Waals surface area contributed by atoms with Gasteiger partial charge in [0.15, 0.2) is 0 Å². The highest BCUT2D eigenvalue weighted by molar-refractivity contribution is 14.0. The van der Waals surface area contributed by atoms with Crippen molar-refractivity contribution < 1.29 is 8.42 Å². The molecule has 0 atom stereocenters. The summed E-state index contributed by atoms with van der Waals surface area (Å²) in [5.41, 5.74) is 12.1. The number of nitrogens with two attached hydrogens (primary N) is 2. The lowest BCUT2D eigenvalue weighted by atomic mass is 10.3. The monoisotopic (exact) mass is 376 g/mol. The average Bonchev–Trinajstić information content (AvgIpc) is 2.30. The molecular formula is C12H13IN2O2S. The minimum absolute atomic E-state index is 0. The smallest absolute Gasteiger partial charge is 0.206 e. The Hall–Kier alpha value is -1.28. The first-order chi connectivity index (χ1) is 8.00. The van der Waals surface area contributed by atoms with Gasteiger partial charge in [0.25, 0.3) is 0 Å². The third-order valence-electron chi connectivity index (χ3n) is 2.38. The Labute approximate surface area is 123 Å². The number of hydrogen-bond acceptors (Lipinski definition) is 4. The molecular weight excluding hydrogens is 363 g/mol. The van der Waals surface area contributed by atoms with E-state index in [0.29, 0.717) is 11.4 Å². The summed E-state index contributed by atoms with van der Waals surface area (Å²) in [6, 6.07) is 12.2. The molecule has 0 aliphatic rings. The number of nitrogen functional groups attached to an aromatic ring is 2. The molecule has 0 amide bonds. The summed E-state index contributed by atoms with van der Waals surface area (Å²) >= 11 is 0. The highest BCUT2D eigenvalue weighted by Crippen LogP contribution is 2.22. The molecule has 0 bridgehead atoms. The summed E-state index contributed by atoms with van der Waals surface area (Å²) in [5.74, 6) is 0. The van der Waals surface area contributed by atoms with Crippen molar-refractivity contribution in [2.24, 2.45) is 0 Å². The van der Waals surface area contributed by atoms with Crippen LogP contribution in [-0.4, -0.2) is 8.42 Å². The summed E-state index contributed by atoms with van der Waals surface area (Å²) in [6.45, 7) is 0. The molecule has 0 heterocycles. The Balaban J connectivity index is 0.00000162. The predicted octanol–water partition coefficient (Wildman–Crippen LogP) is 2.30. The van der Waals surface area contributed by atoms with Crippen molar-refractivity contribution in [2.75, 3.05) is 11.5 Å². The van der Waals surface area contributed by atoms with Crippen LogP contribution >= 0.6 is 24.0 Å². The first-order valence-electron chi connectivity index (χ1n) is 4.96. The molecule has 2 aromatic carbocycles. The molecule has 0 aliphatic heterocycles.